The van der Waals surface area contributed by atoms with Gasteiger partial charge in [0.05, 0.1) is 17.9 Å². The van der Waals surface area contributed by atoms with Crippen LogP contribution in [0.2, 0.25) is 0 Å². The predicted octanol–water partition coefficient (Wildman–Crippen LogP) is 3.65. The van der Waals surface area contributed by atoms with Gasteiger partial charge in [0.1, 0.15) is 5.75 Å². The fourth-order valence-electron chi connectivity index (χ4n) is 3.62. The smallest absolute Gasteiger partial charge is 0.309 e. The third-order valence-corrected chi connectivity index (χ3v) is 7.64. The van der Waals surface area contributed by atoms with Crippen molar-refractivity contribution in [1.29, 1.82) is 0 Å². The second-order valence-electron chi connectivity index (χ2n) is 8.16. The monoisotopic (exact) mass is 459 g/mol. The fourth-order valence-corrected chi connectivity index (χ4v) is 5.09. The van der Waals surface area contributed by atoms with Gasteiger partial charge >= 0.3 is 5.97 Å². The van der Waals surface area contributed by atoms with E-state index in [-0.39, 0.29) is 30.4 Å². The van der Waals surface area contributed by atoms with E-state index in [0.29, 0.717) is 30.1 Å². The molecule has 1 saturated heterocycles. The number of carbonyl (C=O) groups is 2. The molecule has 0 radical (unpaired) electrons. The van der Waals surface area contributed by atoms with Gasteiger partial charge in [-0.05, 0) is 48.6 Å². The molecule has 3 rings (SSSR count). The minimum atomic E-state index is -3.64. The molecule has 0 aromatic heterocycles. The van der Waals surface area contributed by atoms with E-state index in [9.17, 15) is 18.0 Å². The number of benzene rings is 2. The van der Waals surface area contributed by atoms with Gasteiger partial charge < -0.3 is 9.47 Å². The van der Waals surface area contributed by atoms with Crippen LogP contribution in [0.1, 0.15) is 48.5 Å². The molecule has 1 heterocycles. The summed E-state index contributed by atoms with van der Waals surface area (Å²) in [6, 6.07) is 13.5. The van der Waals surface area contributed by atoms with Crippen LogP contribution in [-0.2, 0) is 19.6 Å². The number of sulfonamides is 1. The zero-order valence-corrected chi connectivity index (χ0v) is 19.4. The molecule has 2 aromatic rings. The number of hydrogen-bond acceptors (Lipinski definition) is 6. The zero-order chi connectivity index (χ0) is 23.3. The van der Waals surface area contributed by atoms with Gasteiger partial charge in [-0.25, -0.2) is 8.42 Å². The summed E-state index contributed by atoms with van der Waals surface area (Å²) < 4.78 is 37.3. The topological polar surface area (TPSA) is 90.0 Å². The highest BCUT2D eigenvalue weighted by Crippen LogP contribution is 2.26. The van der Waals surface area contributed by atoms with Crippen molar-refractivity contribution in [2.24, 2.45) is 5.92 Å². The lowest BCUT2D eigenvalue weighted by atomic mass is 9.98. The van der Waals surface area contributed by atoms with Gasteiger partial charge in [0, 0.05) is 18.7 Å². The standard InChI is InChI=1S/C24H29NO6S/c1-17(2)18-4-6-19(7-5-18)23(26)16-31-24(27)20-12-14-25(15-13-20)32(28,29)22-10-8-21(30-3)9-11-22/h4-11,17,20H,12-16H2,1-3H3. The van der Waals surface area contributed by atoms with E-state index in [1.165, 1.54) is 23.5 Å². The van der Waals surface area contributed by atoms with Crippen molar-refractivity contribution in [1.82, 2.24) is 4.31 Å². The van der Waals surface area contributed by atoms with Crippen LogP contribution in [0.15, 0.2) is 53.4 Å². The molecule has 1 aliphatic heterocycles. The first-order valence-electron chi connectivity index (χ1n) is 10.7. The Bertz CT molecular complexity index is 1040. The minimum Gasteiger partial charge on any atom is -0.497 e. The molecule has 0 saturated carbocycles. The molecule has 0 atom stereocenters. The number of esters is 1. The van der Waals surface area contributed by atoms with E-state index in [2.05, 4.69) is 13.8 Å². The summed E-state index contributed by atoms with van der Waals surface area (Å²) in [6.45, 7) is 4.28. The van der Waals surface area contributed by atoms with Crippen molar-refractivity contribution in [3.05, 3.63) is 59.7 Å². The lowest BCUT2D eigenvalue weighted by molar-refractivity contribution is -0.148. The van der Waals surface area contributed by atoms with E-state index in [1.54, 1.807) is 24.3 Å². The van der Waals surface area contributed by atoms with Crippen LogP contribution in [0.3, 0.4) is 0 Å². The van der Waals surface area contributed by atoms with Gasteiger partial charge in [-0.1, -0.05) is 38.1 Å². The van der Waals surface area contributed by atoms with Crippen LogP contribution >= 0.6 is 0 Å². The first-order chi connectivity index (χ1) is 15.2. The Morgan fingerprint density at radius 3 is 2.12 bits per heavy atom. The molecule has 32 heavy (non-hydrogen) atoms. The number of ether oxygens (including phenoxy) is 2. The van der Waals surface area contributed by atoms with E-state index >= 15 is 0 Å². The maximum absolute atomic E-state index is 12.8. The number of Topliss-reactive ketones (excluding diaryl/α,β-unsaturated/α-hetero) is 1. The third kappa shape index (κ3) is 5.55. The van der Waals surface area contributed by atoms with E-state index in [1.807, 2.05) is 12.1 Å². The highest BCUT2D eigenvalue weighted by Gasteiger charge is 2.33. The fraction of sp³-hybridized carbons (Fsp3) is 0.417. The average Bonchev–Trinajstić information content (AvgIpc) is 2.82. The molecule has 1 aliphatic rings. The second kappa shape index (κ2) is 10.3. The molecule has 0 unspecified atom stereocenters. The van der Waals surface area contributed by atoms with Crippen LogP contribution < -0.4 is 4.74 Å². The molecule has 0 amide bonds. The van der Waals surface area contributed by atoms with Crippen molar-refractivity contribution >= 4 is 21.8 Å². The molecule has 0 spiro atoms. The maximum Gasteiger partial charge on any atom is 0.309 e. The quantitative estimate of drug-likeness (QED) is 0.442. The van der Waals surface area contributed by atoms with E-state index in [0.717, 1.165) is 5.56 Å². The summed E-state index contributed by atoms with van der Waals surface area (Å²) in [5, 5.41) is 0. The third-order valence-electron chi connectivity index (χ3n) is 5.73. The SMILES string of the molecule is COc1ccc(S(=O)(=O)N2CCC(C(=O)OCC(=O)c3ccc(C(C)C)cc3)CC2)cc1. The van der Waals surface area contributed by atoms with Crippen molar-refractivity contribution < 1.29 is 27.5 Å². The molecule has 0 N–H and O–H groups in total. The summed E-state index contributed by atoms with van der Waals surface area (Å²) in [6.07, 6.45) is 0.705. The maximum atomic E-state index is 12.8. The largest absolute Gasteiger partial charge is 0.497 e. The number of piperidine rings is 1. The minimum absolute atomic E-state index is 0.188. The summed E-state index contributed by atoms with van der Waals surface area (Å²) >= 11 is 0. The van der Waals surface area contributed by atoms with Crippen LogP contribution in [0, 0.1) is 5.92 Å². The summed E-state index contributed by atoms with van der Waals surface area (Å²) in [7, 11) is -2.12. The lowest BCUT2D eigenvalue weighted by Crippen LogP contribution is -2.40. The summed E-state index contributed by atoms with van der Waals surface area (Å²) in [5.41, 5.74) is 1.64. The Morgan fingerprint density at radius 2 is 1.59 bits per heavy atom. The first-order valence-corrected chi connectivity index (χ1v) is 12.1. The number of methoxy groups -OCH3 is 1. The number of nitrogens with zero attached hydrogens (tertiary/aromatic N) is 1. The van der Waals surface area contributed by atoms with Gasteiger partial charge in [0.15, 0.2) is 12.4 Å². The van der Waals surface area contributed by atoms with E-state index < -0.39 is 21.9 Å². The molecule has 172 valence electrons. The highest BCUT2D eigenvalue weighted by atomic mass is 32.2. The van der Waals surface area contributed by atoms with Crippen molar-refractivity contribution in [2.45, 2.75) is 37.5 Å². The van der Waals surface area contributed by atoms with Gasteiger partial charge in [-0.3, -0.25) is 9.59 Å². The van der Waals surface area contributed by atoms with Crippen LogP contribution in [0.5, 0.6) is 5.75 Å². The number of carbonyl (C=O) groups excluding carboxylic acids is 2. The van der Waals surface area contributed by atoms with Crippen LogP contribution in [-0.4, -0.2) is 51.3 Å². The Kier molecular flexibility index (Phi) is 7.69. The number of rotatable bonds is 8. The number of ketones is 1. The molecule has 1 fully saturated rings. The molecular weight excluding hydrogens is 430 g/mol. The molecule has 0 aliphatic carbocycles. The molecule has 0 bridgehead atoms. The Labute approximate surface area is 189 Å². The van der Waals surface area contributed by atoms with Crippen LogP contribution in [0.25, 0.3) is 0 Å². The van der Waals surface area contributed by atoms with Gasteiger partial charge in [-0.2, -0.15) is 4.31 Å². The van der Waals surface area contributed by atoms with Gasteiger partial charge in [0.25, 0.3) is 0 Å². The second-order valence-corrected chi connectivity index (χ2v) is 10.1. The normalized spacial score (nSPS) is 15.5. The summed E-state index contributed by atoms with van der Waals surface area (Å²) in [5.74, 6) is -0.188. The van der Waals surface area contributed by atoms with Crippen molar-refractivity contribution in [3.63, 3.8) is 0 Å². The van der Waals surface area contributed by atoms with Crippen LogP contribution in [0.4, 0.5) is 0 Å². The van der Waals surface area contributed by atoms with Gasteiger partial charge in [0.2, 0.25) is 10.0 Å². The molecular formula is C24H29NO6S. The lowest BCUT2D eigenvalue weighted by Gasteiger charge is -2.30. The van der Waals surface area contributed by atoms with E-state index in [4.69, 9.17) is 9.47 Å². The molecule has 7 nitrogen and oxygen atoms in total. The Morgan fingerprint density at radius 1 is 1.00 bits per heavy atom. The summed E-state index contributed by atoms with van der Waals surface area (Å²) in [4.78, 5) is 24.9. The van der Waals surface area contributed by atoms with Crippen molar-refractivity contribution in [3.8, 4) is 5.75 Å². The average molecular weight is 460 g/mol. The Balaban J connectivity index is 1.51. The predicted molar refractivity (Wildman–Crippen MR) is 120 cm³/mol. The van der Waals surface area contributed by atoms with Gasteiger partial charge in [-0.15, -0.1) is 0 Å². The first kappa shape index (κ1) is 23.9. The zero-order valence-electron chi connectivity index (χ0n) is 18.6. The molecule has 8 heteroatoms. The highest BCUT2D eigenvalue weighted by molar-refractivity contribution is 7.89. The van der Waals surface area contributed by atoms with Crippen molar-refractivity contribution in [2.75, 3.05) is 26.8 Å². The number of hydrogen-bond donors (Lipinski definition) is 0. The molecule has 2 aromatic carbocycles. The Hall–Kier alpha value is -2.71.